The van der Waals surface area contributed by atoms with Gasteiger partial charge >= 0.3 is 0 Å². The average Bonchev–Trinajstić information content (AvgIpc) is 3.46. The minimum absolute atomic E-state index is 0.423. The Kier molecular flexibility index (Phi) is 6.39. The third-order valence-corrected chi connectivity index (χ3v) is 9.66. The van der Waals surface area contributed by atoms with E-state index in [4.69, 9.17) is 4.98 Å². The lowest BCUT2D eigenvalue weighted by atomic mass is 9.67. The van der Waals surface area contributed by atoms with E-state index in [1.165, 1.54) is 38.8 Å². The second-order valence-corrected chi connectivity index (χ2v) is 12.2. The Labute approximate surface area is 274 Å². The lowest BCUT2D eigenvalue weighted by molar-refractivity contribution is 0.768. The molecule has 0 spiro atoms. The first-order valence-corrected chi connectivity index (χ1v) is 16.1. The van der Waals surface area contributed by atoms with Crippen LogP contribution in [0, 0.1) is 0 Å². The summed E-state index contributed by atoms with van der Waals surface area (Å²) in [5.41, 5.74) is 13.6. The van der Waals surface area contributed by atoms with Gasteiger partial charge in [0.25, 0.3) is 0 Å². The van der Waals surface area contributed by atoms with Gasteiger partial charge in [-0.2, -0.15) is 0 Å². The van der Waals surface area contributed by atoms with Crippen LogP contribution in [-0.2, 0) is 5.41 Å². The maximum absolute atomic E-state index is 5.24. The summed E-state index contributed by atoms with van der Waals surface area (Å²) in [7, 11) is 0. The van der Waals surface area contributed by atoms with Crippen LogP contribution in [-0.4, -0.2) is 9.97 Å². The maximum Gasteiger partial charge on any atom is 0.0715 e. The van der Waals surface area contributed by atoms with Crippen molar-refractivity contribution >= 4 is 10.8 Å². The van der Waals surface area contributed by atoms with Crippen LogP contribution in [0.25, 0.3) is 55.5 Å². The van der Waals surface area contributed by atoms with Gasteiger partial charge in [-0.3, -0.25) is 4.98 Å². The van der Waals surface area contributed by atoms with E-state index in [1.54, 1.807) is 0 Å². The van der Waals surface area contributed by atoms with Crippen molar-refractivity contribution in [2.75, 3.05) is 0 Å². The van der Waals surface area contributed by atoms with Gasteiger partial charge in [-0.25, -0.2) is 4.98 Å². The molecule has 9 rings (SSSR count). The Hall–Kier alpha value is -6.12. The number of nitrogens with zero attached hydrogens (tertiary/aromatic N) is 2. The number of fused-ring (bicyclic) bond motifs is 4. The highest BCUT2D eigenvalue weighted by Crippen LogP contribution is 2.56. The summed E-state index contributed by atoms with van der Waals surface area (Å²) in [5, 5.41) is 2.30. The minimum Gasteiger partial charge on any atom is -0.264 e. The fraction of sp³-hybridized carbons (Fsp3) is 0.0222. The standard InChI is InChI=1S/C45H30N2/c1-3-12-32(13-4-1)43-28-34(37-19-11-14-31-26-27-46-30-40(31)37)29-44(47-43)33-22-24-36(25-23-33)45(35-15-5-2-6-16-35)41-20-9-7-17-38(41)39-18-8-10-21-42(39)45/h1-30H. The SMILES string of the molecule is c1ccc(-c2cc(-c3cccc4ccncc34)cc(-c3ccc(C4(c5ccccc5)c5ccccc5-c5ccccc54)cc3)n2)cc1. The molecule has 0 saturated carbocycles. The Morgan fingerprint density at radius 1 is 0.404 bits per heavy atom. The Bertz CT molecular complexity index is 2340. The monoisotopic (exact) mass is 598 g/mol. The fourth-order valence-corrected chi connectivity index (χ4v) is 7.56. The van der Waals surface area contributed by atoms with E-state index in [0.717, 1.165) is 39.0 Å². The molecule has 0 atom stereocenters. The van der Waals surface area contributed by atoms with E-state index in [0.29, 0.717) is 0 Å². The van der Waals surface area contributed by atoms with Crippen LogP contribution in [0.15, 0.2) is 182 Å². The molecule has 0 aliphatic heterocycles. The summed E-state index contributed by atoms with van der Waals surface area (Å²) in [4.78, 5) is 9.69. The molecule has 47 heavy (non-hydrogen) atoms. The topological polar surface area (TPSA) is 25.8 Å². The number of pyridine rings is 2. The van der Waals surface area contributed by atoms with Crippen LogP contribution in [0.1, 0.15) is 22.3 Å². The number of rotatable bonds is 5. The molecule has 8 aromatic rings. The lowest BCUT2D eigenvalue weighted by Crippen LogP contribution is -2.28. The van der Waals surface area contributed by atoms with E-state index < -0.39 is 5.41 Å². The number of hydrogen-bond donors (Lipinski definition) is 0. The van der Waals surface area contributed by atoms with Crippen molar-refractivity contribution in [3.05, 3.63) is 205 Å². The Morgan fingerprint density at radius 3 is 1.64 bits per heavy atom. The largest absolute Gasteiger partial charge is 0.264 e. The molecular weight excluding hydrogens is 569 g/mol. The van der Waals surface area contributed by atoms with Crippen molar-refractivity contribution < 1.29 is 0 Å². The van der Waals surface area contributed by atoms with Gasteiger partial charge in [0.05, 0.1) is 16.8 Å². The second-order valence-electron chi connectivity index (χ2n) is 12.2. The Balaban J connectivity index is 1.24. The van der Waals surface area contributed by atoms with Gasteiger partial charge in [0, 0.05) is 28.9 Å². The maximum atomic E-state index is 5.24. The highest BCUT2D eigenvalue weighted by molar-refractivity contribution is 5.97. The van der Waals surface area contributed by atoms with E-state index in [1.807, 2.05) is 18.5 Å². The van der Waals surface area contributed by atoms with E-state index in [-0.39, 0.29) is 0 Å². The first kappa shape index (κ1) is 27.2. The number of benzene rings is 6. The third-order valence-electron chi connectivity index (χ3n) is 9.66. The van der Waals surface area contributed by atoms with Crippen LogP contribution in [0.3, 0.4) is 0 Å². The molecule has 0 unspecified atom stereocenters. The lowest BCUT2D eigenvalue weighted by Gasteiger charge is -2.34. The Morgan fingerprint density at radius 2 is 0.957 bits per heavy atom. The molecule has 1 aliphatic carbocycles. The van der Waals surface area contributed by atoms with Gasteiger partial charge in [0.15, 0.2) is 0 Å². The molecule has 0 N–H and O–H groups in total. The zero-order valence-electron chi connectivity index (χ0n) is 25.7. The second kappa shape index (κ2) is 11.0. The molecule has 0 radical (unpaired) electrons. The van der Waals surface area contributed by atoms with Crippen molar-refractivity contribution in [2.24, 2.45) is 0 Å². The molecule has 2 aromatic heterocycles. The predicted molar refractivity (Wildman–Crippen MR) is 193 cm³/mol. The summed E-state index contributed by atoms with van der Waals surface area (Å²) in [6, 6.07) is 61.2. The van der Waals surface area contributed by atoms with Gasteiger partial charge in [-0.15, -0.1) is 0 Å². The number of hydrogen-bond acceptors (Lipinski definition) is 2. The molecular formula is C45H30N2. The molecule has 6 aromatic carbocycles. The van der Waals surface area contributed by atoms with Gasteiger partial charge in [0.2, 0.25) is 0 Å². The van der Waals surface area contributed by atoms with Crippen LogP contribution < -0.4 is 0 Å². The van der Waals surface area contributed by atoms with Gasteiger partial charge in [0.1, 0.15) is 0 Å². The molecule has 0 saturated heterocycles. The molecule has 0 amide bonds. The molecule has 0 bridgehead atoms. The fourth-order valence-electron chi connectivity index (χ4n) is 7.56. The van der Waals surface area contributed by atoms with Crippen molar-refractivity contribution in [3.63, 3.8) is 0 Å². The molecule has 2 heterocycles. The van der Waals surface area contributed by atoms with E-state index in [2.05, 4.69) is 169 Å². The van der Waals surface area contributed by atoms with Gasteiger partial charge < -0.3 is 0 Å². The molecule has 1 aliphatic rings. The molecule has 220 valence electrons. The average molecular weight is 599 g/mol. The quantitative estimate of drug-likeness (QED) is 0.197. The first-order valence-electron chi connectivity index (χ1n) is 16.1. The van der Waals surface area contributed by atoms with Gasteiger partial charge in [-0.1, -0.05) is 152 Å². The van der Waals surface area contributed by atoms with Crippen molar-refractivity contribution in [1.82, 2.24) is 9.97 Å². The minimum atomic E-state index is -0.423. The number of aromatic nitrogens is 2. The summed E-state index contributed by atoms with van der Waals surface area (Å²) in [5.74, 6) is 0. The first-order chi connectivity index (χ1) is 23.3. The van der Waals surface area contributed by atoms with Crippen molar-refractivity contribution in [2.45, 2.75) is 5.41 Å². The third kappa shape index (κ3) is 4.34. The smallest absolute Gasteiger partial charge is 0.0715 e. The van der Waals surface area contributed by atoms with Gasteiger partial charge in [-0.05, 0) is 68.1 Å². The van der Waals surface area contributed by atoms with Crippen molar-refractivity contribution in [1.29, 1.82) is 0 Å². The normalized spacial score (nSPS) is 12.9. The van der Waals surface area contributed by atoms with Crippen molar-refractivity contribution in [3.8, 4) is 44.8 Å². The highest BCUT2D eigenvalue weighted by atomic mass is 14.7. The van der Waals surface area contributed by atoms with Crippen LogP contribution in [0.5, 0.6) is 0 Å². The molecule has 0 fully saturated rings. The summed E-state index contributed by atoms with van der Waals surface area (Å²) in [6.45, 7) is 0. The predicted octanol–water partition coefficient (Wildman–Crippen LogP) is 11.0. The van der Waals surface area contributed by atoms with Crippen LogP contribution in [0.4, 0.5) is 0 Å². The van der Waals surface area contributed by atoms with E-state index >= 15 is 0 Å². The molecule has 2 nitrogen and oxygen atoms in total. The summed E-state index contributed by atoms with van der Waals surface area (Å²) in [6.07, 6.45) is 3.81. The van der Waals surface area contributed by atoms with Crippen LogP contribution in [0.2, 0.25) is 0 Å². The zero-order chi connectivity index (χ0) is 31.2. The highest BCUT2D eigenvalue weighted by Gasteiger charge is 2.45. The molecule has 2 heteroatoms. The zero-order valence-corrected chi connectivity index (χ0v) is 25.7. The van der Waals surface area contributed by atoms with Crippen LogP contribution >= 0.6 is 0 Å². The van der Waals surface area contributed by atoms with E-state index in [9.17, 15) is 0 Å². The summed E-state index contributed by atoms with van der Waals surface area (Å²) >= 11 is 0. The summed E-state index contributed by atoms with van der Waals surface area (Å²) < 4.78 is 0.